The lowest BCUT2D eigenvalue weighted by atomic mass is 9.88. The van der Waals surface area contributed by atoms with Gasteiger partial charge in [0.25, 0.3) is 0 Å². The number of amides is 1. The summed E-state index contributed by atoms with van der Waals surface area (Å²) >= 11 is 0. The Morgan fingerprint density at radius 2 is 1.54 bits per heavy atom. The van der Waals surface area contributed by atoms with Crippen LogP contribution in [-0.4, -0.2) is 47.9 Å². The van der Waals surface area contributed by atoms with Gasteiger partial charge in [0.1, 0.15) is 0 Å². The number of nitrogens with zero attached hydrogens (tertiary/aromatic N) is 2. The Morgan fingerprint density at radius 3 is 2.18 bits per heavy atom. The Balaban J connectivity index is 1.40. The summed E-state index contributed by atoms with van der Waals surface area (Å²) in [6.45, 7) is 5.97. The number of benzene rings is 2. The molecular formula is C25H32N2O. The minimum Gasteiger partial charge on any atom is -0.341 e. The monoisotopic (exact) mass is 376 g/mol. The van der Waals surface area contributed by atoms with E-state index in [0.29, 0.717) is 17.7 Å². The van der Waals surface area contributed by atoms with E-state index in [1.54, 1.807) is 0 Å². The normalized spacial score (nSPS) is 23.8. The van der Waals surface area contributed by atoms with Gasteiger partial charge in [-0.3, -0.25) is 9.69 Å². The van der Waals surface area contributed by atoms with Gasteiger partial charge in [0.05, 0.1) is 6.04 Å². The largest absolute Gasteiger partial charge is 0.341 e. The fourth-order valence-electron chi connectivity index (χ4n) is 5.08. The predicted octanol–water partition coefficient (Wildman–Crippen LogP) is 4.35. The lowest BCUT2D eigenvalue weighted by Crippen LogP contribution is -2.50. The molecule has 0 aromatic heterocycles. The van der Waals surface area contributed by atoms with E-state index in [2.05, 4.69) is 77.4 Å². The summed E-state index contributed by atoms with van der Waals surface area (Å²) in [6, 6.07) is 21.4. The van der Waals surface area contributed by atoms with Gasteiger partial charge >= 0.3 is 0 Å². The van der Waals surface area contributed by atoms with Crippen LogP contribution in [0.1, 0.15) is 43.2 Å². The van der Waals surface area contributed by atoms with Crippen molar-refractivity contribution >= 4 is 5.91 Å². The second-order valence-corrected chi connectivity index (χ2v) is 8.34. The molecule has 0 N–H and O–H groups in total. The molecule has 3 heteroatoms. The van der Waals surface area contributed by atoms with E-state index in [1.807, 2.05) is 0 Å². The number of carbonyl (C=O) groups excluding carboxylic acids is 1. The maximum absolute atomic E-state index is 13.5. The SMILES string of the molecule is CCN1CC[C@@H](c2ccccc2)[C@H]1C(=O)N1CCC(Cc2ccccc2)CC1. The van der Waals surface area contributed by atoms with Gasteiger partial charge in [-0.15, -0.1) is 0 Å². The number of piperidine rings is 1. The highest BCUT2D eigenvalue weighted by molar-refractivity contribution is 5.83. The summed E-state index contributed by atoms with van der Waals surface area (Å²) in [6.07, 6.45) is 4.46. The number of rotatable bonds is 5. The quantitative estimate of drug-likeness (QED) is 0.775. The standard InChI is InChI=1S/C25H32N2O/c1-2-26-18-15-23(22-11-7-4-8-12-22)24(26)25(28)27-16-13-21(14-17-27)19-20-9-5-3-6-10-20/h3-12,21,23-24H,2,13-19H2,1H3/t23-,24-/m0/s1. The second kappa shape index (κ2) is 8.91. The third-order valence-corrected chi connectivity index (χ3v) is 6.68. The average molecular weight is 377 g/mol. The van der Waals surface area contributed by atoms with Crippen LogP contribution in [0.2, 0.25) is 0 Å². The van der Waals surface area contributed by atoms with Gasteiger partial charge in [-0.1, -0.05) is 67.6 Å². The van der Waals surface area contributed by atoms with E-state index in [9.17, 15) is 4.79 Å². The van der Waals surface area contributed by atoms with E-state index >= 15 is 0 Å². The zero-order valence-electron chi connectivity index (χ0n) is 17.0. The molecule has 0 unspecified atom stereocenters. The first kappa shape index (κ1) is 19.2. The van der Waals surface area contributed by atoms with Crippen molar-refractivity contribution < 1.29 is 4.79 Å². The van der Waals surface area contributed by atoms with Gasteiger partial charge < -0.3 is 4.90 Å². The smallest absolute Gasteiger partial charge is 0.240 e. The highest BCUT2D eigenvalue weighted by atomic mass is 16.2. The number of hydrogen-bond donors (Lipinski definition) is 0. The molecule has 3 nitrogen and oxygen atoms in total. The third kappa shape index (κ3) is 4.15. The van der Waals surface area contributed by atoms with Crippen LogP contribution < -0.4 is 0 Å². The fraction of sp³-hybridized carbons (Fsp3) is 0.480. The molecule has 0 aliphatic carbocycles. The van der Waals surface area contributed by atoms with Gasteiger partial charge in [0, 0.05) is 19.0 Å². The summed E-state index contributed by atoms with van der Waals surface area (Å²) < 4.78 is 0. The van der Waals surface area contributed by atoms with Crippen molar-refractivity contribution in [2.45, 2.75) is 44.6 Å². The molecule has 2 aliphatic rings. The van der Waals surface area contributed by atoms with Crippen molar-refractivity contribution in [3.8, 4) is 0 Å². The zero-order valence-corrected chi connectivity index (χ0v) is 17.0. The van der Waals surface area contributed by atoms with Crippen LogP contribution in [0.5, 0.6) is 0 Å². The summed E-state index contributed by atoms with van der Waals surface area (Å²) in [5, 5.41) is 0. The average Bonchev–Trinajstić information content (AvgIpc) is 3.19. The van der Waals surface area contributed by atoms with E-state index < -0.39 is 0 Å². The molecule has 0 spiro atoms. The first-order chi connectivity index (χ1) is 13.8. The van der Waals surface area contributed by atoms with E-state index in [0.717, 1.165) is 51.9 Å². The Kier molecular flexibility index (Phi) is 6.11. The minimum atomic E-state index is 0.0121. The van der Waals surface area contributed by atoms with Crippen molar-refractivity contribution in [3.05, 3.63) is 71.8 Å². The van der Waals surface area contributed by atoms with Gasteiger partial charge in [-0.25, -0.2) is 0 Å². The van der Waals surface area contributed by atoms with Crippen LogP contribution in [0.3, 0.4) is 0 Å². The Morgan fingerprint density at radius 1 is 0.893 bits per heavy atom. The highest BCUT2D eigenvalue weighted by Crippen LogP contribution is 2.35. The molecular weight excluding hydrogens is 344 g/mol. The van der Waals surface area contributed by atoms with Crippen LogP contribution in [0.4, 0.5) is 0 Å². The van der Waals surface area contributed by atoms with Crippen LogP contribution >= 0.6 is 0 Å². The molecule has 0 radical (unpaired) electrons. The lowest BCUT2D eigenvalue weighted by molar-refractivity contribution is -0.137. The van der Waals surface area contributed by atoms with E-state index in [-0.39, 0.29) is 6.04 Å². The molecule has 2 atom stereocenters. The van der Waals surface area contributed by atoms with Crippen molar-refractivity contribution in [2.24, 2.45) is 5.92 Å². The van der Waals surface area contributed by atoms with Crippen molar-refractivity contribution in [1.29, 1.82) is 0 Å². The summed E-state index contributed by atoms with van der Waals surface area (Å²) in [5.41, 5.74) is 2.74. The molecule has 2 fully saturated rings. The van der Waals surface area contributed by atoms with Gasteiger partial charge in [-0.2, -0.15) is 0 Å². The maximum atomic E-state index is 13.5. The Hall–Kier alpha value is -2.13. The van der Waals surface area contributed by atoms with Gasteiger partial charge in [-0.05, 0) is 55.8 Å². The molecule has 28 heavy (non-hydrogen) atoms. The van der Waals surface area contributed by atoms with Crippen LogP contribution in [0.15, 0.2) is 60.7 Å². The molecule has 2 aromatic carbocycles. The molecule has 148 valence electrons. The molecule has 4 rings (SSSR count). The van der Waals surface area contributed by atoms with E-state index in [4.69, 9.17) is 0 Å². The number of likely N-dealkylation sites (tertiary alicyclic amines) is 2. The zero-order chi connectivity index (χ0) is 19.3. The summed E-state index contributed by atoms with van der Waals surface area (Å²) in [4.78, 5) is 18.0. The van der Waals surface area contributed by atoms with Crippen LogP contribution in [0, 0.1) is 5.92 Å². The molecule has 2 aromatic rings. The minimum absolute atomic E-state index is 0.0121. The molecule has 2 heterocycles. The first-order valence-corrected chi connectivity index (χ1v) is 10.9. The van der Waals surface area contributed by atoms with Crippen molar-refractivity contribution in [3.63, 3.8) is 0 Å². The summed E-state index contributed by atoms with van der Waals surface area (Å²) in [7, 11) is 0. The first-order valence-electron chi connectivity index (χ1n) is 10.9. The summed E-state index contributed by atoms with van der Waals surface area (Å²) in [5.74, 6) is 1.38. The third-order valence-electron chi connectivity index (χ3n) is 6.68. The van der Waals surface area contributed by atoms with Gasteiger partial charge in [0.2, 0.25) is 5.91 Å². The highest BCUT2D eigenvalue weighted by Gasteiger charge is 2.41. The number of carbonyl (C=O) groups is 1. The number of likely N-dealkylation sites (N-methyl/N-ethyl adjacent to an activating group) is 1. The van der Waals surface area contributed by atoms with Crippen LogP contribution in [0.25, 0.3) is 0 Å². The fourth-order valence-corrected chi connectivity index (χ4v) is 5.08. The topological polar surface area (TPSA) is 23.6 Å². The number of hydrogen-bond acceptors (Lipinski definition) is 2. The van der Waals surface area contributed by atoms with Gasteiger partial charge in [0.15, 0.2) is 0 Å². The molecule has 0 bridgehead atoms. The molecule has 2 aliphatic heterocycles. The molecule has 2 saturated heterocycles. The van der Waals surface area contributed by atoms with Crippen LogP contribution in [-0.2, 0) is 11.2 Å². The lowest BCUT2D eigenvalue weighted by Gasteiger charge is -2.37. The van der Waals surface area contributed by atoms with E-state index in [1.165, 1.54) is 11.1 Å². The molecule has 1 amide bonds. The van der Waals surface area contributed by atoms with Crippen molar-refractivity contribution in [1.82, 2.24) is 9.80 Å². The Labute approximate surface area is 169 Å². The Bertz CT molecular complexity index is 753. The van der Waals surface area contributed by atoms with Crippen molar-refractivity contribution in [2.75, 3.05) is 26.2 Å². The maximum Gasteiger partial charge on any atom is 0.240 e. The second-order valence-electron chi connectivity index (χ2n) is 8.34. The predicted molar refractivity (Wildman–Crippen MR) is 114 cm³/mol. The molecule has 0 saturated carbocycles.